The molecule has 0 aliphatic carbocycles. The van der Waals surface area contributed by atoms with Crippen molar-refractivity contribution in [2.75, 3.05) is 34.5 Å². The number of benzene rings is 2. The molecule has 4 rings (SSSR count). The molecule has 0 aromatic heterocycles. The van der Waals surface area contributed by atoms with Gasteiger partial charge in [-0.05, 0) is 35.4 Å². The van der Waals surface area contributed by atoms with E-state index < -0.39 is 6.10 Å². The first-order valence-electron chi connectivity index (χ1n) is 9.72. The van der Waals surface area contributed by atoms with E-state index in [1.54, 1.807) is 27.4 Å². The number of rotatable bonds is 6. The van der Waals surface area contributed by atoms with E-state index in [4.69, 9.17) is 23.7 Å². The van der Waals surface area contributed by atoms with Crippen LogP contribution in [0, 0.1) is 11.8 Å². The summed E-state index contributed by atoms with van der Waals surface area (Å²) in [5.41, 5.74) is 1.57. The van der Waals surface area contributed by atoms with Crippen molar-refractivity contribution in [3.8, 4) is 28.7 Å². The van der Waals surface area contributed by atoms with Crippen LogP contribution in [0.25, 0.3) is 0 Å². The molecule has 2 heterocycles. The van der Waals surface area contributed by atoms with Crippen LogP contribution in [0.1, 0.15) is 23.3 Å². The Hall–Kier alpha value is -2.68. The van der Waals surface area contributed by atoms with E-state index in [1.165, 1.54) is 12.1 Å². The summed E-state index contributed by atoms with van der Waals surface area (Å²) in [6.07, 6.45) is -1.15. The van der Waals surface area contributed by atoms with Gasteiger partial charge in [0.1, 0.15) is 0 Å². The fourth-order valence-electron chi connectivity index (χ4n) is 4.59. The lowest BCUT2D eigenvalue weighted by Gasteiger charge is -2.22. The van der Waals surface area contributed by atoms with Crippen molar-refractivity contribution in [1.29, 1.82) is 0 Å². The average molecular weight is 418 g/mol. The van der Waals surface area contributed by atoms with Crippen molar-refractivity contribution in [2.24, 2.45) is 11.8 Å². The number of phenolic OH excluding ortho intramolecular Hbond substituents is 2. The van der Waals surface area contributed by atoms with Crippen LogP contribution >= 0.6 is 0 Å². The molecule has 0 amide bonds. The summed E-state index contributed by atoms with van der Waals surface area (Å²) < 4.78 is 28.7. The summed E-state index contributed by atoms with van der Waals surface area (Å²) in [7, 11) is 4.66. The molecule has 162 valence electrons. The number of fused-ring (bicyclic) bond motifs is 1. The van der Waals surface area contributed by atoms with Crippen molar-refractivity contribution in [2.45, 2.75) is 18.3 Å². The molecule has 8 nitrogen and oxygen atoms in total. The Morgan fingerprint density at radius 1 is 0.900 bits per heavy atom. The SMILES string of the molecule is COc1cc([C@@H]2O[C@H](CO)[C@H]3[C@@H]2CO[C@@H]3c2ccc(O)c(O)c2)cc(OC)c1OC. The van der Waals surface area contributed by atoms with Gasteiger partial charge in [-0.2, -0.15) is 0 Å². The van der Waals surface area contributed by atoms with E-state index >= 15 is 0 Å². The smallest absolute Gasteiger partial charge is 0.203 e. The van der Waals surface area contributed by atoms with E-state index in [-0.39, 0.29) is 42.1 Å². The molecule has 8 heteroatoms. The number of hydrogen-bond donors (Lipinski definition) is 3. The number of hydrogen-bond acceptors (Lipinski definition) is 8. The molecule has 0 unspecified atom stereocenters. The topological polar surface area (TPSA) is 107 Å². The van der Waals surface area contributed by atoms with Crippen LogP contribution in [0.5, 0.6) is 28.7 Å². The van der Waals surface area contributed by atoms with Gasteiger partial charge in [0.25, 0.3) is 0 Å². The lowest BCUT2D eigenvalue weighted by molar-refractivity contribution is -0.0463. The lowest BCUT2D eigenvalue weighted by Crippen LogP contribution is -2.25. The van der Waals surface area contributed by atoms with Gasteiger partial charge in [-0.3, -0.25) is 0 Å². The average Bonchev–Trinajstić information content (AvgIpc) is 3.35. The lowest BCUT2D eigenvalue weighted by atomic mass is 9.81. The molecule has 3 N–H and O–H groups in total. The Balaban J connectivity index is 1.69. The molecule has 2 aliphatic rings. The standard InChI is InChI=1S/C22H26O8/c1-26-16-7-12(8-17(27-2)22(16)28-3)20-13-10-29-21(19(13)18(9-23)30-20)11-4-5-14(24)15(25)6-11/h4-8,13,18-21,23-25H,9-10H2,1-3H3/t13-,18+,19+,20-,21+/m0/s1. The molecule has 2 aromatic carbocycles. The third-order valence-electron chi connectivity index (χ3n) is 5.98. The minimum atomic E-state index is -0.442. The monoisotopic (exact) mass is 418 g/mol. The summed E-state index contributed by atoms with van der Waals surface area (Å²) in [6, 6.07) is 8.33. The third kappa shape index (κ3) is 3.30. The van der Waals surface area contributed by atoms with Crippen LogP contribution in [-0.4, -0.2) is 56.0 Å². The zero-order valence-corrected chi connectivity index (χ0v) is 17.1. The Kier molecular flexibility index (Phi) is 5.64. The minimum Gasteiger partial charge on any atom is -0.504 e. The predicted octanol–water partition coefficient (Wildman–Crippen LogP) is 2.56. The molecule has 5 atom stereocenters. The van der Waals surface area contributed by atoms with Gasteiger partial charge in [-0.15, -0.1) is 0 Å². The van der Waals surface area contributed by atoms with Crippen molar-refractivity contribution in [3.63, 3.8) is 0 Å². The molecule has 2 fully saturated rings. The van der Waals surface area contributed by atoms with Crippen molar-refractivity contribution < 1.29 is 39.0 Å². The number of ether oxygens (including phenoxy) is 5. The van der Waals surface area contributed by atoms with Crippen LogP contribution in [0.3, 0.4) is 0 Å². The largest absolute Gasteiger partial charge is 0.504 e. The predicted molar refractivity (Wildman–Crippen MR) is 106 cm³/mol. The van der Waals surface area contributed by atoms with E-state index in [1.807, 2.05) is 12.1 Å². The fraction of sp³-hybridized carbons (Fsp3) is 0.455. The molecule has 0 bridgehead atoms. The summed E-state index contributed by atoms with van der Waals surface area (Å²) in [6.45, 7) is 0.265. The fourth-order valence-corrected chi connectivity index (χ4v) is 4.59. The van der Waals surface area contributed by atoms with Gasteiger partial charge in [-0.1, -0.05) is 6.07 Å². The first-order chi connectivity index (χ1) is 14.5. The number of phenols is 2. The first kappa shape index (κ1) is 20.6. The minimum absolute atomic E-state index is 0.0223. The highest BCUT2D eigenvalue weighted by molar-refractivity contribution is 5.54. The van der Waals surface area contributed by atoms with E-state index in [0.29, 0.717) is 23.9 Å². The third-order valence-corrected chi connectivity index (χ3v) is 5.98. The Morgan fingerprint density at radius 3 is 2.17 bits per heavy atom. The number of aliphatic hydroxyl groups is 1. The van der Waals surface area contributed by atoms with E-state index in [9.17, 15) is 15.3 Å². The highest BCUT2D eigenvalue weighted by atomic mass is 16.5. The van der Waals surface area contributed by atoms with Gasteiger partial charge in [0.15, 0.2) is 23.0 Å². The highest BCUT2D eigenvalue weighted by Gasteiger charge is 2.53. The summed E-state index contributed by atoms with van der Waals surface area (Å²) >= 11 is 0. The maximum atomic E-state index is 9.99. The van der Waals surface area contributed by atoms with Crippen LogP contribution in [0.2, 0.25) is 0 Å². The van der Waals surface area contributed by atoms with Crippen LogP contribution in [0.4, 0.5) is 0 Å². The number of aromatic hydroxyl groups is 2. The summed E-state index contributed by atoms with van der Waals surface area (Å²) in [4.78, 5) is 0. The Labute approximate surface area is 174 Å². The van der Waals surface area contributed by atoms with Gasteiger partial charge in [-0.25, -0.2) is 0 Å². The maximum Gasteiger partial charge on any atom is 0.203 e. The molecule has 0 spiro atoms. The maximum absolute atomic E-state index is 9.99. The van der Waals surface area contributed by atoms with Crippen LogP contribution < -0.4 is 14.2 Å². The Morgan fingerprint density at radius 2 is 1.60 bits per heavy atom. The van der Waals surface area contributed by atoms with Crippen molar-refractivity contribution in [1.82, 2.24) is 0 Å². The molecule has 2 aliphatic heterocycles. The summed E-state index contributed by atoms with van der Waals surface area (Å²) in [5, 5.41) is 29.5. The molecule has 0 radical (unpaired) electrons. The van der Waals surface area contributed by atoms with E-state index in [0.717, 1.165) is 11.1 Å². The molecular weight excluding hydrogens is 392 g/mol. The molecule has 0 saturated carbocycles. The molecular formula is C22H26O8. The van der Waals surface area contributed by atoms with Crippen LogP contribution in [-0.2, 0) is 9.47 Å². The van der Waals surface area contributed by atoms with Gasteiger partial charge in [0.2, 0.25) is 5.75 Å². The highest BCUT2D eigenvalue weighted by Crippen LogP contribution is 2.55. The number of methoxy groups -OCH3 is 3. The first-order valence-corrected chi connectivity index (χ1v) is 9.72. The normalized spacial score (nSPS) is 27.7. The van der Waals surface area contributed by atoms with Crippen LogP contribution in [0.15, 0.2) is 30.3 Å². The van der Waals surface area contributed by atoms with Crippen molar-refractivity contribution >= 4 is 0 Å². The summed E-state index contributed by atoms with van der Waals surface area (Å²) in [5.74, 6) is 1.01. The second kappa shape index (κ2) is 8.22. The molecule has 2 saturated heterocycles. The number of aliphatic hydroxyl groups excluding tert-OH is 1. The quantitative estimate of drug-likeness (QED) is 0.615. The van der Waals surface area contributed by atoms with Gasteiger partial charge in [0.05, 0.1) is 52.9 Å². The van der Waals surface area contributed by atoms with E-state index in [2.05, 4.69) is 0 Å². The second-order valence-corrected chi connectivity index (χ2v) is 7.48. The molecule has 30 heavy (non-hydrogen) atoms. The zero-order valence-electron chi connectivity index (χ0n) is 17.1. The van der Waals surface area contributed by atoms with Gasteiger partial charge in [0, 0.05) is 11.8 Å². The van der Waals surface area contributed by atoms with Crippen molar-refractivity contribution in [3.05, 3.63) is 41.5 Å². The Bertz CT molecular complexity index is 889. The van der Waals surface area contributed by atoms with Gasteiger partial charge < -0.3 is 39.0 Å². The van der Waals surface area contributed by atoms with Gasteiger partial charge >= 0.3 is 0 Å². The molecule has 2 aromatic rings. The zero-order chi connectivity index (χ0) is 21.4. The second-order valence-electron chi connectivity index (χ2n) is 7.48.